The zero-order valence-corrected chi connectivity index (χ0v) is 16.8. The summed E-state index contributed by atoms with van der Waals surface area (Å²) < 4.78 is 5.30. The largest absolute Gasteiger partial charge is 0.497 e. The maximum absolute atomic E-state index is 13.2. The van der Waals surface area contributed by atoms with Gasteiger partial charge in [0.1, 0.15) is 5.75 Å². The number of hydrogen-bond donors (Lipinski definition) is 1. The molecule has 2 amide bonds. The number of nitrogens with one attached hydrogen (secondary N) is 1. The topological polar surface area (TPSA) is 67.3 Å². The van der Waals surface area contributed by atoms with Crippen LogP contribution in [0.5, 0.6) is 5.75 Å². The number of hydrogen-bond acceptors (Lipinski definition) is 4. The van der Waals surface area contributed by atoms with Crippen molar-refractivity contribution < 1.29 is 9.53 Å². The summed E-state index contributed by atoms with van der Waals surface area (Å²) in [6.45, 7) is 1.85. The lowest BCUT2D eigenvalue weighted by molar-refractivity contribution is 0.255. The average molecular weight is 417 g/mol. The fraction of sp³-hybridized carbons (Fsp3) is 0.150. The number of carbonyl (C=O) groups excluding carboxylic acids is 1. The van der Waals surface area contributed by atoms with Gasteiger partial charge in [-0.05, 0) is 42.8 Å². The molecule has 0 aliphatic carbocycles. The van der Waals surface area contributed by atoms with Crippen molar-refractivity contribution in [1.29, 1.82) is 0 Å². The van der Waals surface area contributed by atoms with Gasteiger partial charge in [-0.3, -0.25) is 4.90 Å². The van der Waals surface area contributed by atoms with E-state index in [1.807, 2.05) is 25.1 Å². The highest BCUT2D eigenvalue weighted by atomic mass is 35.5. The Labute approximate surface area is 173 Å². The number of halogens is 2. The number of aromatic nitrogens is 2. The molecular formula is C20H18Cl2N4O2. The lowest BCUT2D eigenvalue weighted by atomic mass is 10.1. The molecule has 0 spiro atoms. The molecule has 144 valence electrons. The first kappa shape index (κ1) is 19.9. The highest BCUT2D eigenvalue weighted by Gasteiger charge is 2.26. The Balaban J connectivity index is 2.02. The Bertz CT molecular complexity index is 952. The summed E-state index contributed by atoms with van der Waals surface area (Å²) in [4.78, 5) is 22.8. The molecule has 1 heterocycles. The van der Waals surface area contributed by atoms with Crippen LogP contribution in [0.1, 0.15) is 18.5 Å². The van der Waals surface area contributed by atoms with Gasteiger partial charge in [0.15, 0.2) is 0 Å². The van der Waals surface area contributed by atoms with Gasteiger partial charge in [-0.25, -0.2) is 14.8 Å². The van der Waals surface area contributed by atoms with Crippen molar-refractivity contribution in [1.82, 2.24) is 9.97 Å². The summed E-state index contributed by atoms with van der Waals surface area (Å²) in [6.07, 6.45) is 3.16. The molecule has 28 heavy (non-hydrogen) atoms. The SMILES string of the molecule is COc1ccc(Cl)c(N(C(=O)Nc2ccccc2)C(C)c2cnc(Cl)nc2)c1. The van der Waals surface area contributed by atoms with Crippen molar-refractivity contribution in [2.75, 3.05) is 17.3 Å². The van der Waals surface area contributed by atoms with Crippen LogP contribution in [0, 0.1) is 0 Å². The zero-order chi connectivity index (χ0) is 20.1. The average Bonchev–Trinajstić information content (AvgIpc) is 2.70. The standard InChI is InChI=1S/C20H18Cl2N4O2/c1-13(14-11-23-19(22)24-12-14)26(18-10-16(28-2)8-9-17(18)21)20(27)25-15-6-4-3-5-7-15/h3-13H,1-2H3,(H,25,27). The van der Waals surface area contributed by atoms with Crippen molar-refractivity contribution in [3.8, 4) is 5.75 Å². The molecule has 8 heteroatoms. The Hall–Kier alpha value is -2.83. The predicted octanol–water partition coefficient (Wildman–Crippen LogP) is 5.59. The van der Waals surface area contributed by atoms with Gasteiger partial charge in [0, 0.05) is 29.7 Å². The molecule has 1 aromatic heterocycles. The smallest absolute Gasteiger partial charge is 0.326 e. The lowest BCUT2D eigenvalue weighted by Gasteiger charge is -2.30. The molecule has 0 aliphatic rings. The van der Waals surface area contributed by atoms with E-state index in [0.29, 0.717) is 27.7 Å². The van der Waals surface area contributed by atoms with Gasteiger partial charge in [-0.15, -0.1) is 0 Å². The first-order valence-electron chi connectivity index (χ1n) is 8.46. The number of carbonyl (C=O) groups is 1. The van der Waals surface area contributed by atoms with Crippen molar-refractivity contribution in [2.45, 2.75) is 13.0 Å². The van der Waals surface area contributed by atoms with E-state index in [-0.39, 0.29) is 11.3 Å². The van der Waals surface area contributed by atoms with E-state index < -0.39 is 6.04 Å². The molecule has 3 aromatic rings. The number of urea groups is 1. The van der Waals surface area contributed by atoms with E-state index in [1.54, 1.807) is 49.8 Å². The van der Waals surface area contributed by atoms with Crippen molar-refractivity contribution in [3.05, 3.63) is 76.8 Å². The molecule has 0 saturated carbocycles. The number of para-hydroxylation sites is 1. The molecule has 2 aromatic carbocycles. The highest BCUT2D eigenvalue weighted by molar-refractivity contribution is 6.34. The third-order valence-electron chi connectivity index (χ3n) is 4.17. The maximum Gasteiger partial charge on any atom is 0.326 e. The van der Waals surface area contributed by atoms with Crippen LogP contribution >= 0.6 is 23.2 Å². The van der Waals surface area contributed by atoms with E-state index in [4.69, 9.17) is 27.9 Å². The van der Waals surface area contributed by atoms with Crippen molar-refractivity contribution in [3.63, 3.8) is 0 Å². The van der Waals surface area contributed by atoms with Crippen LogP contribution in [0.15, 0.2) is 60.9 Å². The predicted molar refractivity (Wildman–Crippen MR) is 111 cm³/mol. The van der Waals surface area contributed by atoms with Crippen molar-refractivity contribution >= 4 is 40.6 Å². The number of amides is 2. The molecule has 1 N–H and O–H groups in total. The monoisotopic (exact) mass is 416 g/mol. The van der Waals surface area contributed by atoms with Crippen LogP contribution in [0.4, 0.5) is 16.2 Å². The second-order valence-electron chi connectivity index (χ2n) is 5.94. The number of methoxy groups -OCH3 is 1. The molecule has 0 aliphatic heterocycles. The van der Waals surface area contributed by atoms with E-state index in [1.165, 1.54) is 4.90 Å². The van der Waals surface area contributed by atoms with Crippen LogP contribution in [-0.4, -0.2) is 23.1 Å². The Morgan fingerprint density at radius 3 is 2.43 bits per heavy atom. The van der Waals surface area contributed by atoms with Gasteiger partial charge in [0.2, 0.25) is 5.28 Å². The summed E-state index contributed by atoms with van der Waals surface area (Å²) in [6, 6.07) is 13.5. The molecule has 0 radical (unpaired) electrons. The van der Waals surface area contributed by atoms with Crippen LogP contribution in [0.2, 0.25) is 10.3 Å². The minimum atomic E-state index is -0.425. The van der Waals surface area contributed by atoms with Crippen LogP contribution < -0.4 is 15.0 Å². The molecule has 0 bridgehead atoms. The van der Waals surface area contributed by atoms with Gasteiger partial charge >= 0.3 is 6.03 Å². The lowest BCUT2D eigenvalue weighted by Crippen LogP contribution is -2.37. The van der Waals surface area contributed by atoms with Gasteiger partial charge in [0.25, 0.3) is 0 Å². The third-order valence-corrected chi connectivity index (χ3v) is 4.68. The molecule has 0 saturated heterocycles. The Morgan fingerprint density at radius 2 is 1.79 bits per heavy atom. The summed E-state index contributed by atoms with van der Waals surface area (Å²) in [5.41, 5.74) is 1.86. The summed E-state index contributed by atoms with van der Waals surface area (Å²) in [7, 11) is 1.55. The summed E-state index contributed by atoms with van der Waals surface area (Å²) in [5, 5.41) is 3.43. The maximum atomic E-state index is 13.2. The Morgan fingerprint density at radius 1 is 1.11 bits per heavy atom. The molecular weight excluding hydrogens is 399 g/mol. The second kappa shape index (κ2) is 8.91. The van der Waals surface area contributed by atoms with Crippen LogP contribution in [0.3, 0.4) is 0 Å². The zero-order valence-electron chi connectivity index (χ0n) is 15.3. The number of anilines is 2. The minimum Gasteiger partial charge on any atom is -0.497 e. The highest BCUT2D eigenvalue weighted by Crippen LogP contribution is 2.35. The van der Waals surface area contributed by atoms with Gasteiger partial charge in [-0.1, -0.05) is 29.8 Å². The molecule has 0 fully saturated rings. The Kier molecular flexibility index (Phi) is 6.34. The van der Waals surface area contributed by atoms with E-state index in [9.17, 15) is 4.79 Å². The fourth-order valence-electron chi connectivity index (χ4n) is 2.69. The van der Waals surface area contributed by atoms with Gasteiger partial charge in [0.05, 0.1) is 23.9 Å². The number of nitrogens with zero attached hydrogens (tertiary/aromatic N) is 3. The first-order valence-corrected chi connectivity index (χ1v) is 9.21. The van der Waals surface area contributed by atoms with Gasteiger partial charge in [-0.2, -0.15) is 0 Å². The fourth-order valence-corrected chi connectivity index (χ4v) is 3.00. The number of benzene rings is 2. The summed E-state index contributed by atoms with van der Waals surface area (Å²) in [5.74, 6) is 0.580. The van der Waals surface area contributed by atoms with Crippen LogP contribution in [0.25, 0.3) is 0 Å². The minimum absolute atomic E-state index is 0.135. The second-order valence-corrected chi connectivity index (χ2v) is 6.69. The van der Waals surface area contributed by atoms with Crippen LogP contribution in [-0.2, 0) is 0 Å². The normalized spacial score (nSPS) is 11.6. The molecule has 1 unspecified atom stereocenters. The molecule has 3 rings (SSSR count). The van der Waals surface area contributed by atoms with Gasteiger partial charge < -0.3 is 10.1 Å². The molecule has 1 atom stereocenters. The van der Waals surface area contributed by atoms with E-state index >= 15 is 0 Å². The van der Waals surface area contributed by atoms with E-state index in [2.05, 4.69) is 15.3 Å². The third kappa shape index (κ3) is 4.52. The van der Waals surface area contributed by atoms with E-state index in [0.717, 1.165) is 0 Å². The molecule has 6 nitrogen and oxygen atoms in total. The number of ether oxygens (including phenoxy) is 1. The number of rotatable bonds is 5. The quantitative estimate of drug-likeness (QED) is 0.550. The summed E-state index contributed by atoms with van der Waals surface area (Å²) >= 11 is 12.2. The first-order chi connectivity index (χ1) is 13.5. The van der Waals surface area contributed by atoms with Crippen molar-refractivity contribution in [2.24, 2.45) is 0 Å².